The van der Waals surface area contributed by atoms with Crippen LogP contribution >= 0.6 is 11.3 Å². The van der Waals surface area contributed by atoms with Crippen LogP contribution in [0.3, 0.4) is 0 Å². The lowest BCUT2D eigenvalue weighted by Gasteiger charge is -2.18. The van der Waals surface area contributed by atoms with E-state index in [1.165, 1.54) is 4.88 Å². The molecule has 0 bridgehead atoms. The van der Waals surface area contributed by atoms with E-state index in [1.807, 2.05) is 25.2 Å². The zero-order chi connectivity index (χ0) is 21.8. The first kappa shape index (κ1) is 22.3. The number of thiophene rings is 1. The minimum atomic E-state index is -0.0342. The molecule has 0 aliphatic carbocycles. The van der Waals surface area contributed by atoms with Crippen molar-refractivity contribution in [3.8, 4) is 11.5 Å². The second kappa shape index (κ2) is 9.62. The number of aryl methyl sites for hydroxylation is 1. The van der Waals surface area contributed by atoms with Crippen molar-refractivity contribution in [1.82, 2.24) is 14.9 Å². The van der Waals surface area contributed by atoms with Gasteiger partial charge in [0, 0.05) is 23.1 Å². The first-order valence-electron chi connectivity index (χ1n) is 10.3. The number of nitrogens with one attached hydrogen (secondary N) is 1. The smallest absolute Gasteiger partial charge is 0.259 e. The number of hydrogen-bond acceptors (Lipinski definition) is 6. The lowest BCUT2D eigenvalue weighted by atomic mass is 9.98. The first-order valence-corrected chi connectivity index (χ1v) is 11.1. The number of nitrogens with zero attached hydrogens (tertiary/aromatic N) is 2. The summed E-state index contributed by atoms with van der Waals surface area (Å²) in [5, 5.41) is 0.765. The number of benzene rings is 1. The molecule has 0 fully saturated rings. The summed E-state index contributed by atoms with van der Waals surface area (Å²) in [7, 11) is 5.29. The van der Waals surface area contributed by atoms with Crippen molar-refractivity contribution in [2.24, 2.45) is 5.92 Å². The van der Waals surface area contributed by atoms with Crippen molar-refractivity contribution >= 4 is 21.6 Å². The number of rotatable bonds is 9. The van der Waals surface area contributed by atoms with E-state index >= 15 is 0 Å². The third-order valence-electron chi connectivity index (χ3n) is 5.52. The van der Waals surface area contributed by atoms with E-state index in [0.29, 0.717) is 24.8 Å². The number of hydrogen-bond donors (Lipinski definition) is 1. The van der Waals surface area contributed by atoms with Gasteiger partial charge in [0.25, 0.3) is 5.56 Å². The Morgan fingerprint density at radius 3 is 2.67 bits per heavy atom. The third-order valence-corrected chi connectivity index (χ3v) is 6.56. The Morgan fingerprint density at radius 1 is 1.23 bits per heavy atom. The molecule has 0 aliphatic heterocycles. The second-order valence-electron chi connectivity index (χ2n) is 7.90. The lowest BCUT2D eigenvalue weighted by molar-refractivity contribution is 0.302. The summed E-state index contributed by atoms with van der Waals surface area (Å²) in [6, 6.07) is 5.80. The molecule has 0 amide bonds. The average molecular weight is 430 g/mol. The molecule has 2 heterocycles. The molecule has 3 rings (SSSR count). The van der Waals surface area contributed by atoms with E-state index in [1.54, 1.807) is 25.6 Å². The van der Waals surface area contributed by atoms with Gasteiger partial charge in [-0.25, -0.2) is 4.98 Å². The fraction of sp³-hybridized carbons (Fsp3) is 0.478. The van der Waals surface area contributed by atoms with Crippen LogP contribution in [0.15, 0.2) is 23.0 Å². The van der Waals surface area contributed by atoms with Crippen molar-refractivity contribution < 1.29 is 9.47 Å². The number of H-pyrrole nitrogens is 1. The van der Waals surface area contributed by atoms with Crippen LogP contribution in [0.25, 0.3) is 10.2 Å². The standard InChI is InChI=1S/C23H31N3O3S/c1-7-14(2)10-18-15(3)30-23-21(18)22(27)24-20(25-23)13-26(4)12-16-8-9-17(28-5)11-19(16)29-6/h8-9,11,14H,7,10,12-13H2,1-6H3,(H,24,25,27)/t14-/m0/s1. The van der Waals surface area contributed by atoms with Crippen molar-refractivity contribution in [3.05, 3.63) is 50.4 Å². The van der Waals surface area contributed by atoms with Gasteiger partial charge in [0.2, 0.25) is 0 Å². The number of aromatic nitrogens is 2. The molecule has 1 aromatic carbocycles. The SMILES string of the molecule is CC[C@H](C)Cc1c(C)sc2nc(CN(C)Cc3ccc(OC)cc3OC)[nH]c(=O)c12. The Bertz CT molecular complexity index is 1070. The molecule has 0 aliphatic rings. The van der Waals surface area contributed by atoms with Gasteiger partial charge in [-0.05, 0) is 37.9 Å². The Morgan fingerprint density at radius 2 is 2.00 bits per heavy atom. The zero-order valence-corrected chi connectivity index (χ0v) is 19.5. The quantitative estimate of drug-likeness (QED) is 0.541. The summed E-state index contributed by atoms with van der Waals surface area (Å²) in [4.78, 5) is 24.8. The van der Waals surface area contributed by atoms with Gasteiger partial charge in [0.05, 0.1) is 26.2 Å². The Balaban J connectivity index is 1.82. The third kappa shape index (κ3) is 4.84. The molecule has 2 aromatic heterocycles. The van der Waals surface area contributed by atoms with Gasteiger partial charge in [0.15, 0.2) is 0 Å². The van der Waals surface area contributed by atoms with Gasteiger partial charge in [-0.2, -0.15) is 0 Å². The highest BCUT2D eigenvalue weighted by Crippen LogP contribution is 2.30. The number of aromatic amines is 1. The van der Waals surface area contributed by atoms with E-state index in [0.717, 1.165) is 45.7 Å². The predicted octanol–water partition coefficient (Wildman–Crippen LogP) is 4.53. The highest BCUT2D eigenvalue weighted by atomic mass is 32.1. The second-order valence-corrected chi connectivity index (χ2v) is 9.10. The van der Waals surface area contributed by atoms with Gasteiger partial charge in [0.1, 0.15) is 22.2 Å². The Labute approximate surface area is 181 Å². The van der Waals surface area contributed by atoms with Crippen LogP contribution in [0.5, 0.6) is 11.5 Å². The fourth-order valence-electron chi connectivity index (χ4n) is 3.62. The fourth-order valence-corrected chi connectivity index (χ4v) is 4.69. The van der Waals surface area contributed by atoms with E-state index < -0.39 is 0 Å². The predicted molar refractivity (Wildman–Crippen MR) is 123 cm³/mol. The summed E-state index contributed by atoms with van der Waals surface area (Å²) in [5.74, 6) is 2.77. The molecule has 0 saturated carbocycles. The van der Waals surface area contributed by atoms with Crippen molar-refractivity contribution in [2.75, 3.05) is 21.3 Å². The topological polar surface area (TPSA) is 67.5 Å². The molecule has 1 N–H and O–H groups in total. The molecule has 0 spiro atoms. The number of fused-ring (bicyclic) bond motifs is 1. The van der Waals surface area contributed by atoms with Gasteiger partial charge in [-0.15, -0.1) is 11.3 Å². The molecular formula is C23H31N3O3S. The monoisotopic (exact) mass is 429 g/mol. The normalized spacial score (nSPS) is 12.5. The molecule has 6 nitrogen and oxygen atoms in total. The van der Waals surface area contributed by atoms with E-state index in [2.05, 4.69) is 30.7 Å². The van der Waals surface area contributed by atoms with E-state index in [4.69, 9.17) is 14.5 Å². The van der Waals surface area contributed by atoms with Crippen LogP contribution < -0.4 is 15.0 Å². The summed E-state index contributed by atoms with van der Waals surface area (Å²) >= 11 is 1.62. The van der Waals surface area contributed by atoms with Crippen LogP contribution in [0.2, 0.25) is 0 Å². The highest BCUT2D eigenvalue weighted by Gasteiger charge is 2.17. The van der Waals surface area contributed by atoms with E-state index in [-0.39, 0.29) is 5.56 Å². The van der Waals surface area contributed by atoms with Crippen molar-refractivity contribution in [3.63, 3.8) is 0 Å². The summed E-state index contributed by atoms with van der Waals surface area (Å²) in [6.07, 6.45) is 2.02. The van der Waals surface area contributed by atoms with E-state index in [9.17, 15) is 4.79 Å². The molecular weight excluding hydrogens is 398 g/mol. The molecule has 0 unspecified atom stereocenters. The summed E-state index contributed by atoms with van der Waals surface area (Å²) < 4.78 is 10.8. The van der Waals surface area contributed by atoms with Crippen LogP contribution in [-0.4, -0.2) is 36.1 Å². The summed E-state index contributed by atoms with van der Waals surface area (Å²) in [5.41, 5.74) is 2.17. The lowest BCUT2D eigenvalue weighted by Crippen LogP contribution is -2.22. The maximum atomic E-state index is 12.9. The minimum absolute atomic E-state index is 0.0342. The zero-order valence-electron chi connectivity index (χ0n) is 18.7. The highest BCUT2D eigenvalue weighted by molar-refractivity contribution is 7.18. The number of methoxy groups -OCH3 is 2. The molecule has 3 aromatic rings. The Kier molecular flexibility index (Phi) is 7.15. The Hall–Kier alpha value is -2.38. The maximum Gasteiger partial charge on any atom is 0.259 e. The van der Waals surface area contributed by atoms with Crippen LogP contribution in [-0.2, 0) is 19.5 Å². The van der Waals surface area contributed by atoms with Crippen LogP contribution in [0.1, 0.15) is 42.1 Å². The first-order chi connectivity index (χ1) is 14.4. The maximum absolute atomic E-state index is 12.9. The van der Waals surface area contributed by atoms with Gasteiger partial charge in [-0.1, -0.05) is 26.3 Å². The largest absolute Gasteiger partial charge is 0.497 e. The minimum Gasteiger partial charge on any atom is -0.497 e. The van der Waals surface area contributed by atoms with Crippen LogP contribution in [0, 0.1) is 12.8 Å². The van der Waals surface area contributed by atoms with Gasteiger partial charge >= 0.3 is 0 Å². The van der Waals surface area contributed by atoms with Crippen molar-refractivity contribution in [1.29, 1.82) is 0 Å². The molecule has 7 heteroatoms. The molecule has 0 radical (unpaired) electrons. The van der Waals surface area contributed by atoms with Crippen molar-refractivity contribution in [2.45, 2.75) is 46.7 Å². The van der Waals surface area contributed by atoms with Crippen LogP contribution in [0.4, 0.5) is 0 Å². The molecule has 1 atom stereocenters. The molecule has 0 saturated heterocycles. The number of ether oxygens (including phenoxy) is 2. The summed E-state index contributed by atoms with van der Waals surface area (Å²) in [6.45, 7) is 7.70. The van der Waals surface area contributed by atoms with Gasteiger partial charge < -0.3 is 14.5 Å². The van der Waals surface area contributed by atoms with Gasteiger partial charge in [-0.3, -0.25) is 9.69 Å². The molecule has 162 valence electrons. The average Bonchev–Trinajstić information content (AvgIpc) is 3.03. The molecule has 30 heavy (non-hydrogen) atoms.